The largest absolute Gasteiger partial charge is 0.356 e. The molecule has 28 heavy (non-hydrogen) atoms. The van der Waals surface area contributed by atoms with Crippen LogP contribution in [0.25, 0.3) is 10.2 Å². The van der Waals surface area contributed by atoms with E-state index in [1.54, 1.807) is 24.3 Å². The molecule has 1 amide bonds. The van der Waals surface area contributed by atoms with E-state index in [-0.39, 0.29) is 11.7 Å². The molecule has 8 heteroatoms. The number of rotatable bonds is 5. The van der Waals surface area contributed by atoms with Crippen LogP contribution in [-0.4, -0.2) is 41.0 Å². The molecule has 1 aliphatic rings. The summed E-state index contributed by atoms with van der Waals surface area (Å²) in [6, 6.07) is 8.84. The number of thioether (sulfide) groups is 1. The van der Waals surface area contributed by atoms with Gasteiger partial charge in [0, 0.05) is 24.3 Å². The summed E-state index contributed by atoms with van der Waals surface area (Å²) in [7, 11) is 0. The Hall–Kier alpha value is -2.45. The SMILES string of the molecule is CSc1nc(N2CCCC2)c2cc(C(=O)Nc3cccc(C(C)=O)c3)sc2n1. The van der Waals surface area contributed by atoms with Crippen molar-refractivity contribution in [2.75, 3.05) is 29.6 Å². The highest BCUT2D eigenvalue weighted by molar-refractivity contribution is 7.98. The third kappa shape index (κ3) is 3.74. The minimum atomic E-state index is -0.207. The molecule has 1 aromatic carbocycles. The normalized spacial score (nSPS) is 13.9. The quantitative estimate of drug-likeness (QED) is 0.379. The summed E-state index contributed by atoms with van der Waals surface area (Å²) >= 11 is 2.87. The summed E-state index contributed by atoms with van der Waals surface area (Å²) in [5.74, 6) is 0.676. The fourth-order valence-corrected chi connectivity index (χ4v) is 4.61. The molecule has 0 unspecified atom stereocenters. The van der Waals surface area contributed by atoms with Crippen molar-refractivity contribution >= 4 is 56.5 Å². The van der Waals surface area contributed by atoms with Crippen molar-refractivity contribution in [3.63, 3.8) is 0 Å². The van der Waals surface area contributed by atoms with Crippen molar-refractivity contribution in [1.29, 1.82) is 0 Å². The van der Waals surface area contributed by atoms with Gasteiger partial charge in [0.1, 0.15) is 10.6 Å². The second-order valence-corrected chi connectivity index (χ2v) is 8.45. The van der Waals surface area contributed by atoms with Gasteiger partial charge in [-0.2, -0.15) is 0 Å². The summed E-state index contributed by atoms with van der Waals surface area (Å²) < 4.78 is 0. The summed E-state index contributed by atoms with van der Waals surface area (Å²) in [6.45, 7) is 3.47. The number of thiophene rings is 1. The van der Waals surface area contributed by atoms with E-state index in [0.717, 1.165) is 47.1 Å². The lowest BCUT2D eigenvalue weighted by molar-refractivity contribution is 0.101. The van der Waals surface area contributed by atoms with Gasteiger partial charge in [0.05, 0.1) is 10.3 Å². The zero-order valence-corrected chi connectivity index (χ0v) is 17.3. The molecule has 1 N–H and O–H groups in total. The second-order valence-electron chi connectivity index (χ2n) is 6.65. The lowest BCUT2D eigenvalue weighted by atomic mass is 10.1. The van der Waals surface area contributed by atoms with Gasteiger partial charge in [-0.25, -0.2) is 9.97 Å². The van der Waals surface area contributed by atoms with Gasteiger partial charge in [0.2, 0.25) is 0 Å². The number of Topliss-reactive ketones (excluding diaryl/α,β-unsaturated/α-hetero) is 1. The predicted octanol–water partition coefficient (Wildman–Crippen LogP) is 4.47. The highest BCUT2D eigenvalue weighted by Gasteiger charge is 2.21. The van der Waals surface area contributed by atoms with Crippen LogP contribution < -0.4 is 10.2 Å². The van der Waals surface area contributed by atoms with E-state index >= 15 is 0 Å². The lowest BCUT2D eigenvalue weighted by Crippen LogP contribution is -2.19. The molecule has 1 fully saturated rings. The number of benzene rings is 1. The first-order chi connectivity index (χ1) is 13.5. The molecule has 1 aliphatic heterocycles. The van der Waals surface area contributed by atoms with E-state index in [4.69, 9.17) is 4.98 Å². The Morgan fingerprint density at radius 3 is 2.68 bits per heavy atom. The number of nitrogens with zero attached hydrogens (tertiary/aromatic N) is 3. The van der Waals surface area contributed by atoms with Crippen LogP contribution in [0.4, 0.5) is 11.5 Å². The zero-order chi connectivity index (χ0) is 19.7. The van der Waals surface area contributed by atoms with Crippen LogP contribution >= 0.6 is 23.1 Å². The number of carbonyl (C=O) groups excluding carboxylic acids is 2. The first-order valence-electron chi connectivity index (χ1n) is 9.08. The van der Waals surface area contributed by atoms with Gasteiger partial charge in [0.25, 0.3) is 5.91 Å². The number of aromatic nitrogens is 2. The molecule has 0 aliphatic carbocycles. The highest BCUT2D eigenvalue weighted by Crippen LogP contribution is 2.34. The van der Waals surface area contributed by atoms with Gasteiger partial charge >= 0.3 is 0 Å². The predicted molar refractivity (Wildman–Crippen MR) is 115 cm³/mol. The third-order valence-electron chi connectivity index (χ3n) is 4.69. The number of nitrogens with one attached hydrogen (secondary N) is 1. The Balaban J connectivity index is 1.67. The maximum absolute atomic E-state index is 12.8. The van der Waals surface area contributed by atoms with E-state index in [1.807, 2.05) is 12.3 Å². The first kappa shape index (κ1) is 18.9. The third-order valence-corrected chi connectivity index (χ3v) is 6.27. The summed E-state index contributed by atoms with van der Waals surface area (Å²) in [6.07, 6.45) is 4.27. The van der Waals surface area contributed by atoms with Gasteiger partial charge in [-0.15, -0.1) is 11.3 Å². The highest BCUT2D eigenvalue weighted by atomic mass is 32.2. The van der Waals surface area contributed by atoms with Gasteiger partial charge < -0.3 is 10.2 Å². The molecule has 0 atom stereocenters. The minimum absolute atomic E-state index is 0.0342. The molecule has 3 heterocycles. The van der Waals surface area contributed by atoms with E-state index in [0.29, 0.717) is 16.1 Å². The maximum Gasteiger partial charge on any atom is 0.265 e. The second kappa shape index (κ2) is 7.89. The minimum Gasteiger partial charge on any atom is -0.356 e. The van der Waals surface area contributed by atoms with Crippen molar-refractivity contribution in [1.82, 2.24) is 9.97 Å². The lowest BCUT2D eigenvalue weighted by Gasteiger charge is -2.17. The number of carbonyl (C=O) groups is 2. The van der Waals surface area contributed by atoms with Crippen molar-refractivity contribution in [3.05, 3.63) is 40.8 Å². The number of anilines is 2. The topological polar surface area (TPSA) is 75.2 Å². The number of hydrogen-bond donors (Lipinski definition) is 1. The average molecular weight is 413 g/mol. The van der Waals surface area contributed by atoms with Crippen LogP contribution in [0, 0.1) is 0 Å². The molecule has 3 aromatic rings. The van der Waals surface area contributed by atoms with E-state index < -0.39 is 0 Å². The summed E-state index contributed by atoms with van der Waals surface area (Å²) in [4.78, 5) is 37.3. The van der Waals surface area contributed by atoms with Crippen LogP contribution in [0.2, 0.25) is 0 Å². The van der Waals surface area contributed by atoms with Crippen molar-refractivity contribution < 1.29 is 9.59 Å². The molecule has 0 bridgehead atoms. The Morgan fingerprint density at radius 2 is 1.96 bits per heavy atom. The Bertz CT molecular complexity index is 1060. The molecule has 1 saturated heterocycles. The fourth-order valence-electron chi connectivity index (χ4n) is 3.27. The first-order valence-corrected chi connectivity index (χ1v) is 11.1. The molecule has 0 radical (unpaired) electrons. The number of ketones is 1. The summed E-state index contributed by atoms with van der Waals surface area (Å²) in [5.41, 5.74) is 1.17. The van der Waals surface area contributed by atoms with Crippen LogP contribution in [0.3, 0.4) is 0 Å². The Morgan fingerprint density at radius 1 is 1.18 bits per heavy atom. The van der Waals surface area contributed by atoms with Crippen LogP contribution in [-0.2, 0) is 0 Å². The summed E-state index contributed by atoms with van der Waals surface area (Å²) in [5, 5.41) is 4.53. The van der Waals surface area contributed by atoms with Crippen molar-refractivity contribution in [2.45, 2.75) is 24.9 Å². The van der Waals surface area contributed by atoms with Crippen molar-refractivity contribution in [2.24, 2.45) is 0 Å². The maximum atomic E-state index is 12.8. The van der Waals surface area contributed by atoms with Crippen LogP contribution in [0.5, 0.6) is 0 Å². The molecule has 6 nitrogen and oxygen atoms in total. The number of amides is 1. The van der Waals surface area contributed by atoms with Gasteiger partial charge in [0.15, 0.2) is 10.9 Å². The Kier molecular flexibility index (Phi) is 5.32. The monoisotopic (exact) mass is 412 g/mol. The number of fused-ring (bicyclic) bond motifs is 1. The van der Waals surface area contributed by atoms with Crippen LogP contribution in [0.15, 0.2) is 35.5 Å². The molecular weight excluding hydrogens is 392 g/mol. The number of hydrogen-bond acceptors (Lipinski definition) is 7. The molecule has 4 rings (SSSR count). The van der Waals surface area contributed by atoms with Crippen molar-refractivity contribution in [3.8, 4) is 0 Å². The molecule has 0 saturated carbocycles. The van der Waals surface area contributed by atoms with Gasteiger partial charge in [-0.05, 0) is 44.2 Å². The molecular formula is C20H20N4O2S2. The van der Waals surface area contributed by atoms with E-state index in [1.165, 1.54) is 30.0 Å². The smallest absolute Gasteiger partial charge is 0.265 e. The van der Waals surface area contributed by atoms with Crippen LogP contribution in [0.1, 0.15) is 39.8 Å². The van der Waals surface area contributed by atoms with E-state index in [9.17, 15) is 9.59 Å². The molecule has 144 valence electrons. The Labute approximate surface area is 171 Å². The fraction of sp³-hybridized carbons (Fsp3) is 0.300. The van der Waals surface area contributed by atoms with Gasteiger partial charge in [-0.1, -0.05) is 23.9 Å². The van der Waals surface area contributed by atoms with Gasteiger partial charge in [-0.3, -0.25) is 9.59 Å². The van der Waals surface area contributed by atoms with E-state index in [2.05, 4.69) is 15.2 Å². The molecule has 0 spiro atoms. The average Bonchev–Trinajstić information content (AvgIpc) is 3.37. The standard InChI is InChI=1S/C20H20N4O2S2/c1-12(25)13-6-5-7-14(10-13)21-18(26)16-11-15-17(24-8-3-4-9-24)22-20(27-2)23-19(15)28-16/h5-7,10-11H,3-4,8-9H2,1-2H3,(H,21,26). The zero-order valence-electron chi connectivity index (χ0n) is 15.7. The molecule has 2 aromatic heterocycles.